The topological polar surface area (TPSA) is 141 Å². The Kier molecular flexibility index (Phi) is 7.20. The van der Waals surface area contributed by atoms with Crippen molar-refractivity contribution in [2.24, 2.45) is 5.73 Å². The molecular weight excluding hydrogens is 432 g/mol. The lowest BCUT2D eigenvalue weighted by molar-refractivity contribution is -0.137. The number of carbonyl (C=O) groups excluding carboxylic acids is 3. The highest BCUT2D eigenvalue weighted by Crippen LogP contribution is 2.34. The molecule has 2 aromatic rings. The van der Waals surface area contributed by atoms with Gasteiger partial charge in [0, 0.05) is 24.3 Å². The molecule has 2 aliphatic rings. The number of rotatable bonds is 8. The summed E-state index contributed by atoms with van der Waals surface area (Å²) in [6, 6.07) is 11.5. The summed E-state index contributed by atoms with van der Waals surface area (Å²) in [6.07, 6.45) is 7.18. The maximum atomic E-state index is 13.0. The van der Waals surface area contributed by atoms with Crippen LogP contribution in [0, 0.1) is 5.41 Å². The van der Waals surface area contributed by atoms with Gasteiger partial charge < -0.3 is 21.3 Å². The standard InChI is InChI=1S/C25H30N6O3/c26-23(24(27)33)19-10-11-28-14-20(19)29-15-22(32)31-12-4-7-21(31)25(34)30-18-9-8-17(13-18)16-5-2-1-3-6-16/h1-3,5-6,10-11,14,17-18,21,26,29H,4,7-9,12-13,15H2,(H2,27,33)(H,30,34). The predicted octanol–water partition coefficient (Wildman–Crippen LogP) is 1.79. The molecular formula is C25H30N6O3. The normalized spacial score (nSPS) is 21.8. The van der Waals surface area contributed by atoms with Crippen molar-refractivity contribution >= 4 is 29.1 Å². The van der Waals surface area contributed by atoms with Crippen LogP contribution in [-0.2, 0) is 14.4 Å². The molecule has 9 nitrogen and oxygen atoms in total. The second-order valence-corrected chi connectivity index (χ2v) is 8.89. The molecule has 1 aromatic heterocycles. The first-order valence-electron chi connectivity index (χ1n) is 11.7. The van der Waals surface area contributed by atoms with Crippen LogP contribution in [0.3, 0.4) is 0 Å². The van der Waals surface area contributed by atoms with Gasteiger partial charge in [0.2, 0.25) is 11.8 Å². The fourth-order valence-corrected chi connectivity index (χ4v) is 4.93. The Morgan fingerprint density at radius 3 is 2.68 bits per heavy atom. The van der Waals surface area contributed by atoms with E-state index in [2.05, 4.69) is 27.8 Å². The second kappa shape index (κ2) is 10.5. The van der Waals surface area contributed by atoms with Crippen molar-refractivity contribution in [1.29, 1.82) is 5.41 Å². The van der Waals surface area contributed by atoms with Crippen LogP contribution in [0.4, 0.5) is 5.69 Å². The molecule has 5 N–H and O–H groups in total. The first kappa shape index (κ1) is 23.4. The van der Waals surface area contributed by atoms with Crippen LogP contribution >= 0.6 is 0 Å². The lowest BCUT2D eigenvalue weighted by atomic mass is 9.97. The SMILES string of the molecule is N=C(C(N)=O)c1ccncc1NCC(=O)N1CCCC1C(=O)NC1CCC(c2ccccc2)C1. The van der Waals surface area contributed by atoms with Crippen LogP contribution in [0.5, 0.6) is 0 Å². The third-order valence-electron chi connectivity index (χ3n) is 6.69. The number of nitrogens with zero attached hydrogens (tertiary/aromatic N) is 2. The molecule has 9 heteroatoms. The minimum atomic E-state index is -0.863. The number of likely N-dealkylation sites (tertiary alicyclic amines) is 1. The molecule has 2 heterocycles. The molecule has 0 spiro atoms. The van der Waals surface area contributed by atoms with Crippen LogP contribution in [0.1, 0.15) is 49.1 Å². The molecule has 1 aliphatic carbocycles. The van der Waals surface area contributed by atoms with Crippen molar-refractivity contribution in [2.45, 2.75) is 50.1 Å². The summed E-state index contributed by atoms with van der Waals surface area (Å²) in [4.78, 5) is 43.0. The van der Waals surface area contributed by atoms with Gasteiger partial charge in [0.05, 0.1) is 18.4 Å². The number of benzene rings is 1. The number of aromatic nitrogens is 1. The molecule has 3 unspecified atom stereocenters. The number of anilines is 1. The number of nitrogens with two attached hydrogens (primary N) is 1. The Morgan fingerprint density at radius 1 is 1.12 bits per heavy atom. The van der Waals surface area contributed by atoms with Crippen molar-refractivity contribution in [1.82, 2.24) is 15.2 Å². The molecule has 0 bridgehead atoms. The summed E-state index contributed by atoms with van der Waals surface area (Å²) >= 11 is 0. The zero-order chi connectivity index (χ0) is 24.1. The highest BCUT2D eigenvalue weighted by atomic mass is 16.2. The third kappa shape index (κ3) is 5.24. The van der Waals surface area contributed by atoms with Crippen LogP contribution in [0.15, 0.2) is 48.8 Å². The van der Waals surface area contributed by atoms with E-state index in [9.17, 15) is 14.4 Å². The molecule has 1 saturated heterocycles. The molecule has 3 atom stereocenters. The van der Waals surface area contributed by atoms with Gasteiger partial charge in [-0.15, -0.1) is 0 Å². The number of amides is 3. The van der Waals surface area contributed by atoms with Crippen molar-refractivity contribution in [3.05, 3.63) is 59.9 Å². The highest BCUT2D eigenvalue weighted by molar-refractivity contribution is 6.44. The average molecular weight is 463 g/mol. The molecule has 2 fully saturated rings. The number of primary amides is 1. The predicted molar refractivity (Wildman–Crippen MR) is 128 cm³/mol. The van der Waals surface area contributed by atoms with Crippen molar-refractivity contribution in [3.63, 3.8) is 0 Å². The Labute approximate surface area is 198 Å². The zero-order valence-corrected chi connectivity index (χ0v) is 19.0. The van der Waals surface area contributed by atoms with Gasteiger partial charge in [0.25, 0.3) is 5.91 Å². The van der Waals surface area contributed by atoms with Gasteiger partial charge in [-0.2, -0.15) is 0 Å². The van der Waals surface area contributed by atoms with Crippen LogP contribution < -0.4 is 16.4 Å². The van der Waals surface area contributed by atoms with Gasteiger partial charge in [-0.3, -0.25) is 24.8 Å². The average Bonchev–Trinajstić information content (AvgIpc) is 3.53. The fraction of sp³-hybridized carbons (Fsp3) is 0.400. The summed E-state index contributed by atoms with van der Waals surface area (Å²) in [5.41, 5.74) is 6.82. The summed E-state index contributed by atoms with van der Waals surface area (Å²) in [7, 11) is 0. The Bertz CT molecular complexity index is 1070. The van der Waals surface area contributed by atoms with Crippen molar-refractivity contribution < 1.29 is 14.4 Å². The van der Waals surface area contributed by atoms with Gasteiger partial charge in [-0.1, -0.05) is 30.3 Å². The Morgan fingerprint density at radius 2 is 1.91 bits per heavy atom. The number of hydrogen-bond acceptors (Lipinski definition) is 6. The molecule has 1 aliphatic heterocycles. The third-order valence-corrected chi connectivity index (χ3v) is 6.69. The fourth-order valence-electron chi connectivity index (χ4n) is 4.93. The smallest absolute Gasteiger partial charge is 0.267 e. The summed E-state index contributed by atoms with van der Waals surface area (Å²) in [6.45, 7) is 0.445. The number of nitrogens with one attached hydrogen (secondary N) is 3. The van der Waals surface area contributed by atoms with Gasteiger partial charge in [-0.05, 0) is 49.7 Å². The molecule has 34 heavy (non-hydrogen) atoms. The van der Waals surface area contributed by atoms with E-state index >= 15 is 0 Å². The first-order valence-corrected chi connectivity index (χ1v) is 11.7. The number of hydrogen-bond donors (Lipinski definition) is 4. The molecule has 1 aromatic carbocycles. The minimum Gasteiger partial charge on any atom is -0.374 e. The first-order chi connectivity index (χ1) is 16.4. The lowest BCUT2D eigenvalue weighted by Gasteiger charge is -2.26. The van der Waals surface area contributed by atoms with E-state index in [4.69, 9.17) is 11.1 Å². The van der Waals surface area contributed by atoms with E-state index in [0.29, 0.717) is 24.6 Å². The quantitative estimate of drug-likeness (QED) is 0.443. The van der Waals surface area contributed by atoms with Crippen LogP contribution in [-0.4, -0.2) is 58.5 Å². The maximum Gasteiger partial charge on any atom is 0.267 e. The van der Waals surface area contributed by atoms with Gasteiger partial charge in [0.15, 0.2) is 0 Å². The van der Waals surface area contributed by atoms with E-state index in [1.807, 2.05) is 18.2 Å². The highest BCUT2D eigenvalue weighted by Gasteiger charge is 2.36. The van der Waals surface area contributed by atoms with E-state index in [0.717, 1.165) is 25.7 Å². The zero-order valence-electron chi connectivity index (χ0n) is 19.0. The van der Waals surface area contributed by atoms with E-state index < -0.39 is 11.9 Å². The van der Waals surface area contributed by atoms with Crippen molar-refractivity contribution in [3.8, 4) is 0 Å². The number of carbonyl (C=O) groups is 3. The van der Waals surface area contributed by atoms with E-state index in [-0.39, 0.29) is 35.7 Å². The molecule has 0 radical (unpaired) electrons. The molecule has 1 saturated carbocycles. The van der Waals surface area contributed by atoms with Gasteiger partial charge in [0.1, 0.15) is 11.8 Å². The summed E-state index contributed by atoms with van der Waals surface area (Å²) in [5.74, 6) is -0.725. The largest absolute Gasteiger partial charge is 0.374 e. The Hall–Kier alpha value is -3.75. The van der Waals surface area contributed by atoms with Crippen molar-refractivity contribution in [2.75, 3.05) is 18.4 Å². The molecule has 4 rings (SSSR count). The van der Waals surface area contributed by atoms with Crippen LogP contribution in [0.2, 0.25) is 0 Å². The molecule has 3 amide bonds. The van der Waals surface area contributed by atoms with Crippen LogP contribution in [0.25, 0.3) is 0 Å². The van der Waals surface area contributed by atoms with E-state index in [1.165, 1.54) is 24.0 Å². The summed E-state index contributed by atoms with van der Waals surface area (Å²) in [5, 5.41) is 14.0. The Balaban J connectivity index is 1.33. The number of pyridine rings is 1. The maximum absolute atomic E-state index is 13.0. The second-order valence-electron chi connectivity index (χ2n) is 8.89. The minimum absolute atomic E-state index is 0.0754. The van der Waals surface area contributed by atoms with Gasteiger partial charge in [-0.25, -0.2) is 0 Å². The molecule has 178 valence electrons. The monoisotopic (exact) mass is 462 g/mol. The van der Waals surface area contributed by atoms with E-state index in [1.54, 1.807) is 4.90 Å². The van der Waals surface area contributed by atoms with Gasteiger partial charge >= 0.3 is 0 Å². The summed E-state index contributed by atoms with van der Waals surface area (Å²) < 4.78 is 0. The lowest BCUT2D eigenvalue weighted by Crippen LogP contribution is -2.49.